The van der Waals surface area contributed by atoms with Crippen LogP contribution in [0.2, 0.25) is 0 Å². The van der Waals surface area contributed by atoms with Gasteiger partial charge in [-0.2, -0.15) is 0 Å². The molecule has 1 aromatic rings. The van der Waals surface area contributed by atoms with E-state index in [4.69, 9.17) is 10.5 Å². The van der Waals surface area contributed by atoms with Crippen LogP contribution in [0.1, 0.15) is 42.6 Å². The van der Waals surface area contributed by atoms with Crippen LogP contribution in [0.5, 0.6) is 0 Å². The minimum atomic E-state index is -0.794. The van der Waals surface area contributed by atoms with Crippen molar-refractivity contribution in [3.05, 3.63) is 16.1 Å². The first-order valence-electron chi connectivity index (χ1n) is 6.67. The molecule has 2 heterocycles. The minimum absolute atomic E-state index is 0.0962. The molecule has 19 heavy (non-hydrogen) atoms. The first-order chi connectivity index (χ1) is 9.05. The Morgan fingerprint density at radius 3 is 2.89 bits per heavy atom. The average Bonchev–Trinajstić information content (AvgIpc) is 2.88. The summed E-state index contributed by atoms with van der Waals surface area (Å²) < 4.78 is 5.25. The Hall–Kier alpha value is -0.980. The number of nitrogens with two attached hydrogens (primary N) is 1. The molecule has 0 aliphatic carbocycles. The van der Waals surface area contributed by atoms with Crippen molar-refractivity contribution in [3.63, 3.8) is 0 Å². The van der Waals surface area contributed by atoms with Gasteiger partial charge in [0.15, 0.2) is 0 Å². The molecule has 1 amide bonds. The molecule has 2 rings (SSSR count). The van der Waals surface area contributed by atoms with Gasteiger partial charge in [-0.3, -0.25) is 4.79 Å². The molecule has 1 fully saturated rings. The fourth-order valence-electron chi connectivity index (χ4n) is 2.05. The van der Waals surface area contributed by atoms with Gasteiger partial charge in [0.1, 0.15) is 5.01 Å². The van der Waals surface area contributed by atoms with E-state index in [1.54, 1.807) is 11.3 Å². The molecule has 1 atom stereocenters. The molecule has 5 nitrogen and oxygen atoms in total. The molecule has 1 aliphatic heterocycles. The van der Waals surface area contributed by atoms with Gasteiger partial charge in [-0.25, -0.2) is 4.98 Å². The van der Waals surface area contributed by atoms with E-state index >= 15 is 0 Å². The van der Waals surface area contributed by atoms with Gasteiger partial charge in [0, 0.05) is 24.3 Å². The van der Waals surface area contributed by atoms with Gasteiger partial charge in [-0.1, -0.05) is 6.92 Å². The summed E-state index contributed by atoms with van der Waals surface area (Å²) in [4.78, 5) is 17.8. The third-order valence-electron chi connectivity index (χ3n) is 3.48. The van der Waals surface area contributed by atoms with Gasteiger partial charge >= 0.3 is 0 Å². The van der Waals surface area contributed by atoms with Crippen molar-refractivity contribution in [1.29, 1.82) is 0 Å². The van der Waals surface area contributed by atoms with E-state index in [0.717, 1.165) is 11.4 Å². The molecule has 1 saturated heterocycles. The van der Waals surface area contributed by atoms with Crippen LogP contribution in [-0.2, 0) is 16.0 Å². The lowest BCUT2D eigenvalue weighted by Gasteiger charge is -2.32. The fourth-order valence-corrected chi connectivity index (χ4v) is 2.91. The number of amides is 1. The largest absolute Gasteiger partial charge is 0.381 e. The number of thiazole rings is 1. The van der Waals surface area contributed by atoms with Crippen LogP contribution in [0, 0.1) is 0 Å². The Balaban J connectivity index is 1.97. The summed E-state index contributed by atoms with van der Waals surface area (Å²) in [6, 6.07) is -0.0962. The Morgan fingerprint density at radius 1 is 1.63 bits per heavy atom. The highest BCUT2D eigenvalue weighted by atomic mass is 32.1. The summed E-state index contributed by atoms with van der Waals surface area (Å²) in [5, 5.41) is 3.90. The maximum absolute atomic E-state index is 12.3. The van der Waals surface area contributed by atoms with Crippen LogP contribution < -0.4 is 11.1 Å². The van der Waals surface area contributed by atoms with Gasteiger partial charge in [-0.05, 0) is 26.2 Å². The smallest absolute Gasteiger partial charge is 0.240 e. The second kappa shape index (κ2) is 5.98. The summed E-state index contributed by atoms with van der Waals surface area (Å²) in [5.74, 6) is -0.100. The fraction of sp³-hybridized carbons (Fsp3) is 0.692. The van der Waals surface area contributed by atoms with Crippen molar-refractivity contribution in [2.24, 2.45) is 5.73 Å². The van der Waals surface area contributed by atoms with Crippen LogP contribution in [0.4, 0.5) is 0 Å². The number of carbonyl (C=O) groups is 1. The Bertz CT molecular complexity index is 441. The highest BCUT2D eigenvalue weighted by Gasteiger charge is 2.36. The molecule has 0 bridgehead atoms. The number of hydrogen-bond acceptors (Lipinski definition) is 5. The van der Waals surface area contributed by atoms with Crippen molar-refractivity contribution in [3.8, 4) is 0 Å². The molecule has 0 saturated carbocycles. The van der Waals surface area contributed by atoms with Gasteiger partial charge in [0.05, 0.1) is 11.6 Å². The minimum Gasteiger partial charge on any atom is -0.381 e. The monoisotopic (exact) mass is 283 g/mol. The number of aromatic nitrogens is 1. The average molecular weight is 283 g/mol. The lowest BCUT2D eigenvalue weighted by Crippen LogP contribution is -2.57. The van der Waals surface area contributed by atoms with Gasteiger partial charge in [0.25, 0.3) is 0 Å². The number of nitrogens with one attached hydrogen (secondary N) is 1. The number of ether oxygens (including phenoxy) is 1. The van der Waals surface area contributed by atoms with E-state index in [9.17, 15) is 4.79 Å². The second-order valence-corrected chi connectivity index (χ2v) is 6.13. The maximum Gasteiger partial charge on any atom is 0.240 e. The van der Waals surface area contributed by atoms with Crippen LogP contribution >= 0.6 is 11.3 Å². The van der Waals surface area contributed by atoms with E-state index in [2.05, 4.69) is 17.2 Å². The van der Waals surface area contributed by atoms with Crippen molar-refractivity contribution in [2.75, 3.05) is 13.2 Å². The number of hydrogen-bond donors (Lipinski definition) is 2. The molecule has 0 spiro atoms. The third kappa shape index (κ3) is 3.32. The van der Waals surface area contributed by atoms with Crippen molar-refractivity contribution < 1.29 is 9.53 Å². The molecule has 1 aromatic heterocycles. The molecule has 0 aromatic carbocycles. The van der Waals surface area contributed by atoms with Crippen molar-refractivity contribution >= 4 is 17.2 Å². The molecular formula is C13H21N3O2S. The quantitative estimate of drug-likeness (QED) is 0.875. The lowest BCUT2D eigenvalue weighted by atomic mass is 9.90. The van der Waals surface area contributed by atoms with E-state index in [1.807, 2.05) is 13.1 Å². The number of aryl methyl sites for hydroxylation is 1. The van der Waals surface area contributed by atoms with E-state index in [1.165, 1.54) is 4.88 Å². The normalized spacial score (nSPS) is 19.9. The molecule has 106 valence electrons. The Labute approximate surface area is 117 Å². The highest BCUT2D eigenvalue weighted by molar-refractivity contribution is 7.11. The zero-order valence-corrected chi connectivity index (χ0v) is 12.3. The molecular weight excluding hydrogens is 262 g/mol. The third-order valence-corrected chi connectivity index (χ3v) is 4.80. The van der Waals surface area contributed by atoms with Crippen molar-refractivity contribution in [1.82, 2.24) is 10.3 Å². The summed E-state index contributed by atoms with van der Waals surface area (Å²) >= 11 is 1.64. The number of carbonyl (C=O) groups excluding carboxylic acids is 1. The number of rotatable bonds is 4. The van der Waals surface area contributed by atoms with Gasteiger partial charge in [-0.15, -0.1) is 11.3 Å². The predicted octanol–water partition coefficient (Wildman–Crippen LogP) is 1.39. The summed E-state index contributed by atoms with van der Waals surface area (Å²) in [7, 11) is 0. The molecule has 1 unspecified atom stereocenters. The zero-order chi connectivity index (χ0) is 13.9. The summed E-state index contributed by atoms with van der Waals surface area (Å²) in [5.41, 5.74) is 5.36. The van der Waals surface area contributed by atoms with Gasteiger partial charge in [0.2, 0.25) is 5.91 Å². The molecule has 6 heteroatoms. The SMILES string of the molecule is CCc1cnc(C(C)NC(=O)C2(N)CCOCC2)s1. The van der Waals surface area contributed by atoms with Crippen molar-refractivity contribution in [2.45, 2.75) is 44.7 Å². The van der Waals surface area contributed by atoms with E-state index in [-0.39, 0.29) is 11.9 Å². The first kappa shape index (κ1) is 14.4. The summed E-state index contributed by atoms with van der Waals surface area (Å²) in [6.07, 6.45) is 3.99. The van der Waals surface area contributed by atoms with Crippen LogP contribution in [0.25, 0.3) is 0 Å². The maximum atomic E-state index is 12.3. The lowest BCUT2D eigenvalue weighted by molar-refractivity contribution is -0.130. The van der Waals surface area contributed by atoms with Crippen LogP contribution in [0.15, 0.2) is 6.20 Å². The molecule has 3 N–H and O–H groups in total. The highest BCUT2D eigenvalue weighted by Crippen LogP contribution is 2.23. The van der Waals surface area contributed by atoms with E-state index < -0.39 is 5.54 Å². The predicted molar refractivity (Wildman–Crippen MR) is 75.0 cm³/mol. The summed E-state index contributed by atoms with van der Waals surface area (Å²) in [6.45, 7) is 5.14. The molecule has 0 radical (unpaired) electrons. The topological polar surface area (TPSA) is 77.2 Å². The zero-order valence-electron chi connectivity index (χ0n) is 11.4. The first-order valence-corrected chi connectivity index (χ1v) is 7.49. The van der Waals surface area contributed by atoms with Gasteiger partial charge < -0.3 is 15.8 Å². The second-order valence-electron chi connectivity index (χ2n) is 4.98. The Morgan fingerprint density at radius 2 is 2.32 bits per heavy atom. The Kier molecular flexibility index (Phi) is 4.54. The molecule has 1 aliphatic rings. The standard InChI is InChI=1S/C13H21N3O2S/c1-3-10-8-15-11(19-10)9(2)16-12(17)13(14)4-6-18-7-5-13/h8-9H,3-7,14H2,1-2H3,(H,16,17). The number of nitrogens with zero attached hydrogens (tertiary/aromatic N) is 1. The van der Waals surface area contributed by atoms with Crippen LogP contribution in [-0.4, -0.2) is 29.6 Å². The van der Waals surface area contributed by atoms with Crippen LogP contribution in [0.3, 0.4) is 0 Å². The van der Waals surface area contributed by atoms with E-state index in [0.29, 0.717) is 26.1 Å².